The van der Waals surface area contributed by atoms with Gasteiger partial charge in [0.15, 0.2) is 0 Å². The Labute approximate surface area is 129 Å². The van der Waals surface area contributed by atoms with Crippen LogP contribution in [0.5, 0.6) is 0 Å². The van der Waals surface area contributed by atoms with Gasteiger partial charge in [-0.05, 0) is 52.2 Å². The highest BCUT2D eigenvalue weighted by Gasteiger charge is 2.16. The van der Waals surface area contributed by atoms with Crippen molar-refractivity contribution in [1.82, 2.24) is 25.0 Å². The van der Waals surface area contributed by atoms with Crippen molar-refractivity contribution in [2.75, 3.05) is 20.6 Å². The van der Waals surface area contributed by atoms with Crippen molar-refractivity contribution >= 4 is 5.91 Å². The molecule has 1 amide bonds. The van der Waals surface area contributed by atoms with Gasteiger partial charge in [-0.25, -0.2) is 14.1 Å². The first-order valence-electron chi connectivity index (χ1n) is 7.02. The summed E-state index contributed by atoms with van der Waals surface area (Å²) in [5.74, 6) is 0.0278. The Hall–Kier alpha value is -2.28. The summed E-state index contributed by atoms with van der Waals surface area (Å²) in [6.45, 7) is 4.27. The first kappa shape index (κ1) is 16.1. The largest absolute Gasteiger partial charge is 0.348 e. The SMILES string of the molecule is Cc1nc(C(=O)NC[C@H](C)N(C)C)nn1-c1ccc(F)cc1. The molecule has 0 saturated carbocycles. The maximum Gasteiger partial charge on any atom is 0.291 e. The van der Waals surface area contributed by atoms with Crippen LogP contribution >= 0.6 is 0 Å². The highest BCUT2D eigenvalue weighted by Crippen LogP contribution is 2.10. The Kier molecular flexibility index (Phi) is 4.87. The van der Waals surface area contributed by atoms with Gasteiger partial charge in [-0.2, -0.15) is 0 Å². The number of benzene rings is 1. The van der Waals surface area contributed by atoms with Crippen LogP contribution in [0.15, 0.2) is 24.3 Å². The minimum atomic E-state index is -0.322. The van der Waals surface area contributed by atoms with Crippen LogP contribution in [0.3, 0.4) is 0 Å². The lowest BCUT2D eigenvalue weighted by Gasteiger charge is -2.19. The Morgan fingerprint density at radius 1 is 1.36 bits per heavy atom. The van der Waals surface area contributed by atoms with E-state index in [9.17, 15) is 9.18 Å². The van der Waals surface area contributed by atoms with Gasteiger partial charge in [0.05, 0.1) is 5.69 Å². The number of nitrogens with zero attached hydrogens (tertiary/aromatic N) is 4. The zero-order chi connectivity index (χ0) is 16.3. The van der Waals surface area contributed by atoms with E-state index < -0.39 is 0 Å². The van der Waals surface area contributed by atoms with E-state index in [1.54, 1.807) is 19.1 Å². The van der Waals surface area contributed by atoms with Crippen LogP contribution < -0.4 is 5.32 Å². The first-order valence-corrected chi connectivity index (χ1v) is 7.02. The highest BCUT2D eigenvalue weighted by atomic mass is 19.1. The molecule has 0 saturated heterocycles. The Balaban J connectivity index is 2.12. The van der Waals surface area contributed by atoms with Crippen molar-refractivity contribution in [2.45, 2.75) is 19.9 Å². The number of halogens is 1. The summed E-state index contributed by atoms with van der Waals surface area (Å²) >= 11 is 0. The number of hydrogen-bond acceptors (Lipinski definition) is 4. The second-order valence-corrected chi connectivity index (χ2v) is 5.39. The van der Waals surface area contributed by atoms with Gasteiger partial charge in [-0.3, -0.25) is 4.79 Å². The van der Waals surface area contributed by atoms with Crippen LogP contribution in [0.25, 0.3) is 5.69 Å². The van der Waals surface area contributed by atoms with Crippen LogP contribution in [-0.2, 0) is 0 Å². The maximum absolute atomic E-state index is 13.0. The molecule has 0 aliphatic carbocycles. The van der Waals surface area contributed by atoms with E-state index in [-0.39, 0.29) is 23.6 Å². The van der Waals surface area contributed by atoms with E-state index in [0.717, 1.165) is 0 Å². The van der Waals surface area contributed by atoms with Gasteiger partial charge >= 0.3 is 0 Å². The molecule has 7 heteroatoms. The predicted octanol–water partition coefficient (Wildman–Crippen LogP) is 1.39. The van der Waals surface area contributed by atoms with E-state index in [1.807, 2.05) is 25.9 Å². The fraction of sp³-hybridized carbons (Fsp3) is 0.400. The van der Waals surface area contributed by atoms with Crippen molar-refractivity contribution in [3.63, 3.8) is 0 Å². The van der Waals surface area contributed by atoms with E-state index in [1.165, 1.54) is 16.8 Å². The molecule has 1 N–H and O–H groups in total. The molecule has 118 valence electrons. The van der Waals surface area contributed by atoms with Crippen LogP contribution in [-0.4, -0.2) is 52.3 Å². The second-order valence-electron chi connectivity index (χ2n) is 5.39. The number of aryl methyl sites for hydroxylation is 1. The first-order chi connectivity index (χ1) is 10.4. The molecule has 1 atom stereocenters. The number of carbonyl (C=O) groups is 1. The summed E-state index contributed by atoms with van der Waals surface area (Å²) in [4.78, 5) is 18.3. The Morgan fingerprint density at radius 2 is 2.00 bits per heavy atom. The molecule has 0 aliphatic rings. The third-order valence-corrected chi connectivity index (χ3v) is 3.48. The van der Waals surface area contributed by atoms with Crippen molar-refractivity contribution < 1.29 is 9.18 Å². The Morgan fingerprint density at radius 3 is 2.59 bits per heavy atom. The van der Waals surface area contributed by atoms with Crippen molar-refractivity contribution in [3.05, 3.63) is 41.7 Å². The molecule has 2 aromatic rings. The van der Waals surface area contributed by atoms with Gasteiger partial charge in [-0.15, -0.1) is 5.10 Å². The standard InChI is InChI=1S/C15H20FN5O/c1-10(20(3)4)9-17-15(22)14-18-11(2)21(19-14)13-7-5-12(16)6-8-13/h5-8,10H,9H2,1-4H3,(H,17,22)/t10-/m0/s1. The highest BCUT2D eigenvalue weighted by molar-refractivity contribution is 5.90. The van der Waals surface area contributed by atoms with Crippen molar-refractivity contribution in [3.8, 4) is 5.69 Å². The summed E-state index contributed by atoms with van der Waals surface area (Å²) in [7, 11) is 3.89. The van der Waals surface area contributed by atoms with Crippen molar-refractivity contribution in [2.24, 2.45) is 0 Å². The molecule has 1 aromatic heterocycles. The fourth-order valence-electron chi connectivity index (χ4n) is 1.82. The zero-order valence-electron chi connectivity index (χ0n) is 13.2. The van der Waals surface area contributed by atoms with Gasteiger partial charge in [0, 0.05) is 12.6 Å². The molecule has 0 unspecified atom stereocenters. The lowest BCUT2D eigenvalue weighted by atomic mass is 10.3. The van der Waals surface area contributed by atoms with Crippen molar-refractivity contribution in [1.29, 1.82) is 0 Å². The lowest BCUT2D eigenvalue weighted by molar-refractivity contribution is 0.0933. The van der Waals surface area contributed by atoms with Crippen LogP contribution in [0.4, 0.5) is 4.39 Å². The monoisotopic (exact) mass is 305 g/mol. The number of nitrogens with one attached hydrogen (secondary N) is 1. The van der Waals surface area contributed by atoms with Crippen LogP contribution in [0.2, 0.25) is 0 Å². The molecule has 0 bridgehead atoms. The van der Waals surface area contributed by atoms with Gasteiger partial charge in [0.2, 0.25) is 5.82 Å². The third-order valence-electron chi connectivity index (χ3n) is 3.48. The predicted molar refractivity (Wildman–Crippen MR) is 81.5 cm³/mol. The van der Waals surface area contributed by atoms with Gasteiger partial charge < -0.3 is 10.2 Å². The molecule has 22 heavy (non-hydrogen) atoms. The van der Waals surface area contributed by atoms with Crippen LogP contribution in [0, 0.1) is 12.7 Å². The number of amides is 1. The normalized spacial score (nSPS) is 12.5. The minimum Gasteiger partial charge on any atom is -0.348 e. The van der Waals surface area contributed by atoms with E-state index in [0.29, 0.717) is 18.1 Å². The fourth-order valence-corrected chi connectivity index (χ4v) is 1.82. The molecular formula is C15H20FN5O. The summed E-state index contributed by atoms with van der Waals surface area (Å²) in [5.41, 5.74) is 0.659. The maximum atomic E-state index is 13.0. The second kappa shape index (κ2) is 6.65. The van der Waals surface area contributed by atoms with Gasteiger partial charge in [0.1, 0.15) is 11.6 Å². The minimum absolute atomic E-state index is 0.104. The molecule has 2 rings (SSSR count). The summed E-state index contributed by atoms with van der Waals surface area (Å²) < 4.78 is 14.5. The summed E-state index contributed by atoms with van der Waals surface area (Å²) in [5, 5.41) is 6.99. The van der Waals surface area contributed by atoms with Gasteiger partial charge in [-0.1, -0.05) is 0 Å². The van der Waals surface area contributed by atoms with E-state index in [4.69, 9.17) is 0 Å². The third kappa shape index (κ3) is 3.67. The molecule has 1 aromatic carbocycles. The zero-order valence-corrected chi connectivity index (χ0v) is 13.2. The lowest BCUT2D eigenvalue weighted by Crippen LogP contribution is -2.38. The number of likely N-dealkylation sites (N-methyl/N-ethyl adjacent to an activating group) is 1. The quantitative estimate of drug-likeness (QED) is 0.907. The molecule has 0 fully saturated rings. The molecule has 0 spiro atoms. The van der Waals surface area contributed by atoms with E-state index >= 15 is 0 Å². The smallest absolute Gasteiger partial charge is 0.291 e. The van der Waals surface area contributed by atoms with Crippen LogP contribution in [0.1, 0.15) is 23.4 Å². The number of aromatic nitrogens is 3. The number of rotatable bonds is 5. The van der Waals surface area contributed by atoms with Gasteiger partial charge in [0.25, 0.3) is 5.91 Å². The topological polar surface area (TPSA) is 63.1 Å². The average molecular weight is 305 g/mol. The summed E-state index contributed by atoms with van der Waals surface area (Å²) in [6.07, 6.45) is 0. The number of carbonyl (C=O) groups excluding carboxylic acids is 1. The molecular weight excluding hydrogens is 285 g/mol. The number of hydrogen-bond donors (Lipinski definition) is 1. The average Bonchev–Trinajstić information content (AvgIpc) is 2.87. The molecule has 0 aliphatic heterocycles. The molecule has 1 heterocycles. The Bertz CT molecular complexity index is 650. The molecule has 0 radical (unpaired) electrons. The summed E-state index contributed by atoms with van der Waals surface area (Å²) in [6, 6.07) is 6.08. The van der Waals surface area contributed by atoms with E-state index in [2.05, 4.69) is 15.4 Å². The molecule has 6 nitrogen and oxygen atoms in total.